The predicted molar refractivity (Wildman–Crippen MR) is 71.5 cm³/mol. The van der Waals surface area contributed by atoms with E-state index in [1.54, 1.807) is 29.9 Å². The lowest BCUT2D eigenvalue weighted by Gasteiger charge is -2.08. The summed E-state index contributed by atoms with van der Waals surface area (Å²) in [4.78, 5) is 12.1. The third kappa shape index (κ3) is 2.34. The first-order chi connectivity index (χ1) is 8.47. The van der Waals surface area contributed by atoms with Crippen molar-refractivity contribution < 1.29 is 4.79 Å². The highest BCUT2D eigenvalue weighted by Crippen LogP contribution is 2.18. The summed E-state index contributed by atoms with van der Waals surface area (Å²) in [7, 11) is 1.75. The molecule has 0 aliphatic heterocycles. The fourth-order valence-electron chi connectivity index (χ4n) is 1.84. The standard InChI is InChI=1S/C13H16N4O/c1-8-6-10(14)4-5-11(8)15-13(18)12-7-9(2)16-17(12)3/h4-7H,14H2,1-3H3,(H,15,18). The van der Waals surface area contributed by atoms with Gasteiger partial charge in [-0.25, -0.2) is 0 Å². The molecule has 0 aliphatic carbocycles. The molecule has 2 aromatic rings. The van der Waals surface area contributed by atoms with Gasteiger partial charge in [-0.1, -0.05) is 0 Å². The van der Waals surface area contributed by atoms with E-state index < -0.39 is 0 Å². The van der Waals surface area contributed by atoms with Gasteiger partial charge in [0.25, 0.3) is 5.91 Å². The van der Waals surface area contributed by atoms with Gasteiger partial charge in [-0.05, 0) is 43.7 Å². The second kappa shape index (κ2) is 4.52. The van der Waals surface area contributed by atoms with Gasteiger partial charge in [-0.2, -0.15) is 5.10 Å². The number of carbonyl (C=O) groups is 1. The van der Waals surface area contributed by atoms with Gasteiger partial charge >= 0.3 is 0 Å². The minimum atomic E-state index is -0.175. The third-order valence-corrected chi connectivity index (χ3v) is 2.73. The van der Waals surface area contributed by atoms with Gasteiger partial charge in [-0.3, -0.25) is 9.48 Å². The summed E-state index contributed by atoms with van der Waals surface area (Å²) < 4.78 is 1.57. The van der Waals surface area contributed by atoms with E-state index in [9.17, 15) is 4.79 Å². The topological polar surface area (TPSA) is 72.9 Å². The van der Waals surface area contributed by atoms with Gasteiger partial charge < -0.3 is 11.1 Å². The summed E-state index contributed by atoms with van der Waals surface area (Å²) in [5, 5.41) is 7.00. The number of nitrogens with one attached hydrogen (secondary N) is 1. The number of carbonyl (C=O) groups excluding carboxylic acids is 1. The molecule has 3 N–H and O–H groups in total. The molecular formula is C13H16N4O. The molecule has 0 bridgehead atoms. The summed E-state index contributed by atoms with van der Waals surface area (Å²) in [6.45, 7) is 3.76. The summed E-state index contributed by atoms with van der Waals surface area (Å²) in [6.07, 6.45) is 0. The Morgan fingerprint density at radius 3 is 2.61 bits per heavy atom. The number of nitrogen functional groups attached to an aromatic ring is 1. The highest BCUT2D eigenvalue weighted by Gasteiger charge is 2.12. The minimum absolute atomic E-state index is 0.175. The highest BCUT2D eigenvalue weighted by atomic mass is 16.2. The Morgan fingerprint density at radius 2 is 2.06 bits per heavy atom. The zero-order valence-electron chi connectivity index (χ0n) is 10.7. The molecule has 0 saturated carbocycles. The van der Waals surface area contributed by atoms with Crippen LogP contribution in [0, 0.1) is 13.8 Å². The Bertz CT molecular complexity index is 601. The van der Waals surface area contributed by atoms with Crippen LogP contribution in [0.25, 0.3) is 0 Å². The van der Waals surface area contributed by atoms with Crippen LogP contribution in [0.5, 0.6) is 0 Å². The van der Waals surface area contributed by atoms with Gasteiger partial charge in [0.1, 0.15) is 5.69 Å². The van der Waals surface area contributed by atoms with Crippen molar-refractivity contribution in [1.29, 1.82) is 0 Å². The normalized spacial score (nSPS) is 10.4. The van der Waals surface area contributed by atoms with Crippen molar-refractivity contribution in [3.8, 4) is 0 Å². The quantitative estimate of drug-likeness (QED) is 0.792. The van der Waals surface area contributed by atoms with E-state index in [1.807, 2.05) is 19.9 Å². The predicted octanol–water partition coefficient (Wildman–Crippen LogP) is 1.87. The molecule has 0 radical (unpaired) electrons. The van der Waals surface area contributed by atoms with E-state index in [-0.39, 0.29) is 5.91 Å². The van der Waals surface area contributed by atoms with E-state index in [0.29, 0.717) is 11.4 Å². The maximum atomic E-state index is 12.1. The zero-order chi connectivity index (χ0) is 13.3. The van der Waals surface area contributed by atoms with E-state index in [1.165, 1.54) is 0 Å². The fraction of sp³-hybridized carbons (Fsp3) is 0.231. The second-order valence-electron chi connectivity index (χ2n) is 4.32. The lowest BCUT2D eigenvalue weighted by molar-refractivity contribution is 0.101. The first-order valence-corrected chi connectivity index (χ1v) is 5.65. The van der Waals surface area contributed by atoms with Crippen LogP contribution in [0.2, 0.25) is 0 Å². The van der Waals surface area contributed by atoms with Crippen LogP contribution >= 0.6 is 0 Å². The van der Waals surface area contributed by atoms with Crippen molar-refractivity contribution in [2.24, 2.45) is 7.05 Å². The SMILES string of the molecule is Cc1cc(C(=O)Nc2ccc(N)cc2C)n(C)n1. The smallest absolute Gasteiger partial charge is 0.273 e. The maximum Gasteiger partial charge on any atom is 0.273 e. The molecule has 0 fully saturated rings. The number of anilines is 2. The first kappa shape index (κ1) is 12.2. The van der Waals surface area contributed by atoms with Gasteiger partial charge in [0.15, 0.2) is 0 Å². The number of hydrogen-bond donors (Lipinski definition) is 2. The van der Waals surface area contributed by atoms with E-state index in [0.717, 1.165) is 16.9 Å². The first-order valence-electron chi connectivity index (χ1n) is 5.65. The second-order valence-corrected chi connectivity index (χ2v) is 4.32. The van der Waals surface area contributed by atoms with Crippen molar-refractivity contribution in [2.45, 2.75) is 13.8 Å². The van der Waals surface area contributed by atoms with Crippen molar-refractivity contribution in [1.82, 2.24) is 9.78 Å². The molecule has 0 aliphatic rings. The zero-order valence-corrected chi connectivity index (χ0v) is 10.7. The van der Waals surface area contributed by atoms with Crippen LogP contribution in [0.4, 0.5) is 11.4 Å². The Morgan fingerprint density at radius 1 is 1.33 bits per heavy atom. The van der Waals surface area contributed by atoms with Crippen LogP contribution in [0.1, 0.15) is 21.7 Å². The van der Waals surface area contributed by atoms with Gasteiger partial charge in [0.2, 0.25) is 0 Å². The van der Waals surface area contributed by atoms with Crippen LogP contribution in [0.3, 0.4) is 0 Å². The molecule has 0 atom stereocenters. The number of aryl methyl sites for hydroxylation is 3. The Balaban J connectivity index is 2.24. The molecule has 0 unspecified atom stereocenters. The average molecular weight is 244 g/mol. The monoisotopic (exact) mass is 244 g/mol. The van der Waals surface area contributed by atoms with Crippen molar-refractivity contribution >= 4 is 17.3 Å². The molecule has 18 heavy (non-hydrogen) atoms. The van der Waals surface area contributed by atoms with Crippen molar-refractivity contribution in [2.75, 3.05) is 11.1 Å². The molecule has 5 nitrogen and oxygen atoms in total. The van der Waals surface area contributed by atoms with Crippen LogP contribution < -0.4 is 11.1 Å². The Labute approximate surface area is 106 Å². The summed E-state index contributed by atoms with van der Waals surface area (Å²) in [5.41, 5.74) is 9.39. The Kier molecular flexibility index (Phi) is 3.06. The molecule has 1 aromatic carbocycles. The lowest BCUT2D eigenvalue weighted by Crippen LogP contribution is -2.16. The van der Waals surface area contributed by atoms with Gasteiger partial charge in [0.05, 0.1) is 5.69 Å². The molecule has 1 aromatic heterocycles. The summed E-state index contributed by atoms with van der Waals surface area (Å²) in [5.74, 6) is -0.175. The number of benzene rings is 1. The summed E-state index contributed by atoms with van der Waals surface area (Å²) in [6, 6.07) is 7.13. The molecule has 5 heteroatoms. The van der Waals surface area contributed by atoms with E-state index in [2.05, 4.69) is 10.4 Å². The number of hydrogen-bond acceptors (Lipinski definition) is 3. The number of aromatic nitrogens is 2. The lowest BCUT2D eigenvalue weighted by atomic mass is 10.2. The molecule has 0 spiro atoms. The highest BCUT2D eigenvalue weighted by molar-refractivity contribution is 6.03. The number of nitrogens with two attached hydrogens (primary N) is 1. The molecular weight excluding hydrogens is 228 g/mol. The van der Waals surface area contributed by atoms with E-state index >= 15 is 0 Å². The molecule has 2 rings (SSSR count). The average Bonchev–Trinajstić information content (AvgIpc) is 2.62. The number of rotatable bonds is 2. The molecule has 94 valence electrons. The van der Waals surface area contributed by atoms with Gasteiger partial charge in [-0.15, -0.1) is 0 Å². The number of amides is 1. The maximum absolute atomic E-state index is 12.1. The van der Waals surface area contributed by atoms with Crippen LogP contribution in [0.15, 0.2) is 24.3 Å². The Hall–Kier alpha value is -2.30. The molecule has 1 heterocycles. The minimum Gasteiger partial charge on any atom is -0.399 e. The van der Waals surface area contributed by atoms with Gasteiger partial charge in [0, 0.05) is 18.4 Å². The van der Waals surface area contributed by atoms with Crippen molar-refractivity contribution in [3.05, 3.63) is 41.2 Å². The van der Waals surface area contributed by atoms with Crippen LogP contribution in [-0.4, -0.2) is 15.7 Å². The molecule has 0 saturated heterocycles. The van der Waals surface area contributed by atoms with Crippen LogP contribution in [-0.2, 0) is 7.05 Å². The largest absolute Gasteiger partial charge is 0.399 e. The third-order valence-electron chi connectivity index (χ3n) is 2.73. The summed E-state index contributed by atoms with van der Waals surface area (Å²) >= 11 is 0. The number of nitrogens with zero attached hydrogens (tertiary/aromatic N) is 2. The van der Waals surface area contributed by atoms with E-state index in [4.69, 9.17) is 5.73 Å². The molecule has 1 amide bonds. The van der Waals surface area contributed by atoms with Crippen molar-refractivity contribution in [3.63, 3.8) is 0 Å². The fourth-order valence-corrected chi connectivity index (χ4v) is 1.84.